The van der Waals surface area contributed by atoms with E-state index in [1.54, 1.807) is 6.92 Å². The molecule has 0 saturated carbocycles. The number of carbonyl (C=O) groups is 1. The highest BCUT2D eigenvalue weighted by Gasteiger charge is 2.31. The summed E-state index contributed by atoms with van der Waals surface area (Å²) in [5.74, 6) is -0.371. The standard InChI is InChI=1S/C5H8Cl3NO2/c1-2-3(10)9-4(11)5(6,7)8/h4,11H,2H2,1H3,(H,9,10). The van der Waals surface area contributed by atoms with Crippen molar-refractivity contribution in [3.63, 3.8) is 0 Å². The third-order valence-corrected chi connectivity index (χ3v) is 1.55. The molecule has 0 aromatic heterocycles. The van der Waals surface area contributed by atoms with E-state index in [4.69, 9.17) is 39.9 Å². The van der Waals surface area contributed by atoms with Gasteiger partial charge in [-0.15, -0.1) is 0 Å². The Hall–Kier alpha value is 0.300. The molecule has 6 heteroatoms. The minimum Gasteiger partial charge on any atom is -0.369 e. The van der Waals surface area contributed by atoms with Gasteiger partial charge in [-0.1, -0.05) is 41.7 Å². The van der Waals surface area contributed by atoms with Crippen LogP contribution in [0.5, 0.6) is 0 Å². The Labute approximate surface area is 79.6 Å². The van der Waals surface area contributed by atoms with Crippen molar-refractivity contribution in [1.82, 2.24) is 5.32 Å². The molecule has 3 nitrogen and oxygen atoms in total. The van der Waals surface area contributed by atoms with Crippen molar-refractivity contribution in [2.75, 3.05) is 0 Å². The van der Waals surface area contributed by atoms with E-state index in [1.807, 2.05) is 0 Å². The van der Waals surface area contributed by atoms with E-state index >= 15 is 0 Å². The number of amides is 1. The average Bonchev–Trinajstić information content (AvgIpc) is 1.85. The number of halogens is 3. The molecule has 0 aliphatic rings. The van der Waals surface area contributed by atoms with Crippen LogP contribution in [-0.2, 0) is 4.79 Å². The fraction of sp³-hybridized carbons (Fsp3) is 0.800. The van der Waals surface area contributed by atoms with E-state index in [0.717, 1.165) is 0 Å². The van der Waals surface area contributed by atoms with Crippen molar-refractivity contribution in [3.05, 3.63) is 0 Å². The van der Waals surface area contributed by atoms with Crippen LogP contribution in [0.1, 0.15) is 13.3 Å². The number of aliphatic hydroxyl groups excluding tert-OH is 1. The van der Waals surface area contributed by atoms with E-state index in [2.05, 4.69) is 5.32 Å². The molecule has 0 heterocycles. The Morgan fingerprint density at radius 2 is 2.09 bits per heavy atom. The number of alkyl halides is 3. The highest BCUT2D eigenvalue weighted by molar-refractivity contribution is 6.68. The molecule has 0 bridgehead atoms. The van der Waals surface area contributed by atoms with Gasteiger partial charge in [-0.25, -0.2) is 0 Å². The summed E-state index contributed by atoms with van der Waals surface area (Å²) in [5.41, 5.74) is 0. The van der Waals surface area contributed by atoms with E-state index in [-0.39, 0.29) is 12.3 Å². The van der Waals surface area contributed by atoms with Crippen molar-refractivity contribution >= 4 is 40.7 Å². The van der Waals surface area contributed by atoms with Gasteiger partial charge in [0.05, 0.1) is 0 Å². The zero-order valence-corrected chi connectivity index (χ0v) is 8.04. The first-order valence-electron chi connectivity index (χ1n) is 2.92. The van der Waals surface area contributed by atoms with Crippen LogP contribution < -0.4 is 5.32 Å². The maximum Gasteiger partial charge on any atom is 0.234 e. The van der Waals surface area contributed by atoms with Gasteiger partial charge in [-0.2, -0.15) is 0 Å². The minimum absolute atomic E-state index is 0.234. The topological polar surface area (TPSA) is 49.3 Å². The second kappa shape index (κ2) is 4.36. The zero-order valence-electron chi connectivity index (χ0n) is 5.77. The first kappa shape index (κ1) is 11.3. The molecule has 0 spiro atoms. The van der Waals surface area contributed by atoms with Gasteiger partial charge in [0.25, 0.3) is 0 Å². The van der Waals surface area contributed by atoms with E-state index in [9.17, 15) is 4.79 Å². The molecular formula is C5H8Cl3NO2. The van der Waals surface area contributed by atoms with Crippen molar-refractivity contribution in [2.24, 2.45) is 0 Å². The van der Waals surface area contributed by atoms with Crippen molar-refractivity contribution < 1.29 is 9.90 Å². The molecule has 0 radical (unpaired) electrons. The summed E-state index contributed by atoms with van der Waals surface area (Å²) < 4.78 is -1.87. The second-order valence-electron chi connectivity index (χ2n) is 1.87. The van der Waals surface area contributed by atoms with Gasteiger partial charge in [0.15, 0.2) is 6.23 Å². The quantitative estimate of drug-likeness (QED) is 0.543. The van der Waals surface area contributed by atoms with Crippen LogP contribution in [0.25, 0.3) is 0 Å². The van der Waals surface area contributed by atoms with Crippen LogP contribution in [-0.4, -0.2) is 21.0 Å². The average molecular weight is 220 g/mol. The fourth-order valence-corrected chi connectivity index (χ4v) is 0.500. The molecular weight excluding hydrogens is 212 g/mol. The Balaban J connectivity index is 3.87. The lowest BCUT2D eigenvalue weighted by atomic mass is 10.4. The summed E-state index contributed by atoms with van der Waals surface area (Å²) in [7, 11) is 0. The predicted molar refractivity (Wildman–Crippen MR) is 44.7 cm³/mol. The Morgan fingerprint density at radius 3 is 2.36 bits per heavy atom. The Bertz CT molecular complexity index is 145. The van der Waals surface area contributed by atoms with Gasteiger partial charge in [-0.05, 0) is 0 Å². The maximum atomic E-state index is 10.6. The maximum absolute atomic E-state index is 10.6. The van der Waals surface area contributed by atoms with Crippen molar-refractivity contribution in [2.45, 2.75) is 23.4 Å². The molecule has 0 aromatic carbocycles. The summed E-state index contributed by atoms with van der Waals surface area (Å²) >= 11 is 15.8. The molecule has 0 fully saturated rings. The van der Waals surface area contributed by atoms with E-state index < -0.39 is 10.0 Å². The molecule has 0 aliphatic carbocycles. The van der Waals surface area contributed by atoms with Gasteiger partial charge in [0.2, 0.25) is 9.70 Å². The third kappa shape index (κ3) is 4.69. The van der Waals surface area contributed by atoms with Crippen LogP contribution in [0.3, 0.4) is 0 Å². The van der Waals surface area contributed by atoms with E-state index in [1.165, 1.54) is 0 Å². The van der Waals surface area contributed by atoms with Crippen LogP contribution in [0, 0.1) is 0 Å². The molecule has 0 aliphatic heterocycles. The number of hydrogen-bond acceptors (Lipinski definition) is 2. The summed E-state index contributed by atoms with van der Waals surface area (Å²) in [4.78, 5) is 10.6. The number of carbonyl (C=O) groups excluding carboxylic acids is 1. The summed E-state index contributed by atoms with van der Waals surface area (Å²) in [5, 5.41) is 11.0. The molecule has 0 saturated heterocycles. The molecule has 66 valence electrons. The van der Waals surface area contributed by atoms with E-state index in [0.29, 0.717) is 0 Å². The third-order valence-electron chi connectivity index (χ3n) is 0.929. The van der Waals surface area contributed by atoms with Gasteiger partial charge in [-0.3, -0.25) is 4.79 Å². The number of aliphatic hydroxyl groups is 1. The van der Waals surface area contributed by atoms with Gasteiger partial charge < -0.3 is 10.4 Å². The molecule has 11 heavy (non-hydrogen) atoms. The van der Waals surface area contributed by atoms with Crippen LogP contribution in [0.15, 0.2) is 0 Å². The minimum atomic E-state index is -1.87. The smallest absolute Gasteiger partial charge is 0.234 e. The van der Waals surface area contributed by atoms with Gasteiger partial charge in [0.1, 0.15) is 0 Å². The second-order valence-corrected chi connectivity index (χ2v) is 4.23. The molecule has 1 atom stereocenters. The predicted octanol–water partition coefficient (Wildman–Crippen LogP) is 1.20. The van der Waals surface area contributed by atoms with Gasteiger partial charge in [0, 0.05) is 6.42 Å². The van der Waals surface area contributed by atoms with Gasteiger partial charge >= 0.3 is 0 Å². The Morgan fingerprint density at radius 1 is 1.64 bits per heavy atom. The highest BCUT2D eigenvalue weighted by atomic mass is 35.6. The number of nitrogens with one attached hydrogen (secondary N) is 1. The molecule has 0 rings (SSSR count). The lowest BCUT2D eigenvalue weighted by molar-refractivity contribution is -0.123. The first-order valence-corrected chi connectivity index (χ1v) is 4.05. The summed E-state index contributed by atoms with van der Waals surface area (Å²) in [6.07, 6.45) is -1.22. The summed E-state index contributed by atoms with van der Waals surface area (Å²) in [6.45, 7) is 1.63. The van der Waals surface area contributed by atoms with Crippen LogP contribution >= 0.6 is 34.8 Å². The summed E-state index contributed by atoms with van der Waals surface area (Å²) in [6, 6.07) is 0. The Kier molecular flexibility index (Phi) is 4.48. The molecule has 1 amide bonds. The fourth-order valence-electron chi connectivity index (χ4n) is 0.336. The molecule has 1 unspecified atom stereocenters. The number of hydrogen-bond donors (Lipinski definition) is 2. The normalized spacial score (nSPS) is 14.3. The lowest BCUT2D eigenvalue weighted by Gasteiger charge is -2.19. The number of rotatable bonds is 2. The van der Waals surface area contributed by atoms with Crippen LogP contribution in [0.4, 0.5) is 0 Å². The molecule has 0 aromatic rings. The monoisotopic (exact) mass is 219 g/mol. The lowest BCUT2D eigenvalue weighted by Crippen LogP contribution is -2.43. The first-order chi connectivity index (χ1) is 4.88. The molecule has 2 N–H and O–H groups in total. The largest absolute Gasteiger partial charge is 0.369 e. The van der Waals surface area contributed by atoms with Crippen LogP contribution in [0.2, 0.25) is 0 Å². The SMILES string of the molecule is CCC(=O)NC(O)C(Cl)(Cl)Cl. The highest BCUT2D eigenvalue weighted by Crippen LogP contribution is 2.28. The zero-order chi connectivity index (χ0) is 9.07. The van der Waals surface area contributed by atoms with Crippen molar-refractivity contribution in [1.29, 1.82) is 0 Å². The van der Waals surface area contributed by atoms with Crippen molar-refractivity contribution in [3.8, 4) is 0 Å².